The van der Waals surface area contributed by atoms with Crippen LogP contribution in [-0.2, 0) is 6.42 Å². The van der Waals surface area contributed by atoms with Gasteiger partial charge in [-0.05, 0) is 53.8 Å². The molecule has 0 aliphatic carbocycles. The van der Waals surface area contributed by atoms with Gasteiger partial charge in [-0.1, -0.05) is 38.1 Å². The van der Waals surface area contributed by atoms with Gasteiger partial charge >= 0.3 is 0 Å². The summed E-state index contributed by atoms with van der Waals surface area (Å²) in [5.74, 6) is 1.14. The van der Waals surface area contributed by atoms with Crippen LogP contribution >= 0.6 is 0 Å². The minimum atomic E-state index is -0.173. The van der Waals surface area contributed by atoms with Crippen LogP contribution in [0.5, 0.6) is 5.75 Å². The fraction of sp³-hybridized carbons (Fsp3) is 0.250. The molecule has 1 aromatic heterocycles. The van der Waals surface area contributed by atoms with E-state index in [1.165, 1.54) is 11.1 Å². The second-order valence-electron chi connectivity index (χ2n) is 7.22. The minimum absolute atomic E-state index is 0.173. The third kappa shape index (κ3) is 5.82. The number of hydrogen-bond donors (Lipinski definition) is 2. The van der Waals surface area contributed by atoms with Crippen LogP contribution < -0.4 is 15.4 Å². The van der Waals surface area contributed by atoms with Crippen molar-refractivity contribution in [3.05, 3.63) is 83.7 Å². The third-order valence-corrected chi connectivity index (χ3v) is 4.74. The van der Waals surface area contributed by atoms with E-state index in [2.05, 4.69) is 29.5 Å². The summed E-state index contributed by atoms with van der Waals surface area (Å²) >= 11 is 0. The first-order chi connectivity index (χ1) is 14.0. The van der Waals surface area contributed by atoms with Gasteiger partial charge in [-0.25, -0.2) is 0 Å². The van der Waals surface area contributed by atoms with Crippen molar-refractivity contribution in [3.8, 4) is 5.75 Å². The van der Waals surface area contributed by atoms with E-state index in [4.69, 9.17) is 4.74 Å². The summed E-state index contributed by atoms with van der Waals surface area (Å²) in [7, 11) is 1.66. The molecule has 0 fully saturated rings. The number of rotatable bonds is 8. The molecule has 3 rings (SSSR count). The molecule has 0 aliphatic heterocycles. The average molecular weight is 389 g/mol. The summed E-state index contributed by atoms with van der Waals surface area (Å²) in [4.78, 5) is 16.7. The lowest BCUT2D eigenvalue weighted by Gasteiger charge is -2.10. The van der Waals surface area contributed by atoms with Gasteiger partial charge in [0.15, 0.2) is 0 Å². The molecule has 0 aliphatic rings. The van der Waals surface area contributed by atoms with Gasteiger partial charge in [0, 0.05) is 24.6 Å². The van der Waals surface area contributed by atoms with Gasteiger partial charge in [0.25, 0.3) is 5.91 Å². The topological polar surface area (TPSA) is 63.2 Å². The predicted molar refractivity (Wildman–Crippen MR) is 118 cm³/mol. The monoisotopic (exact) mass is 389 g/mol. The van der Waals surface area contributed by atoms with Gasteiger partial charge in [-0.3, -0.25) is 9.78 Å². The molecular formula is C24H27N3O2. The predicted octanol–water partition coefficient (Wildman–Crippen LogP) is 5.12. The third-order valence-electron chi connectivity index (χ3n) is 4.74. The van der Waals surface area contributed by atoms with Crippen molar-refractivity contribution in [3.63, 3.8) is 0 Å². The standard InChI is InChI=1S/C24H27N3O2/c1-17(2)19-6-8-21(9-7-19)27-24(28)20-14-22(16-25-15-20)26-13-12-18-4-10-23(29-3)11-5-18/h4-11,14-17,26H,12-13H2,1-3H3,(H,27,28). The van der Waals surface area contributed by atoms with Gasteiger partial charge < -0.3 is 15.4 Å². The van der Waals surface area contributed by atoms with Crippen molar-refractivity contribution in [2.45, 2.75) is 26.2 Å². The number of aromatic nitrogens is 1. The molecule has 1 heterocycles. The lowest BCUT2D eigenvalue weighted by atomic mass is 10.0. The normalized spacial score (nSPS) is 10.6. The number of carbonyl (C=O) groups is 1. The van der Waals surface area contributed by atoms with E-state index in [0.717, 1.165) is 30.1 Å². The summed E-state index contributed by atoms with van der Waals surface area (Å²) in [6.45, 7) is 5.04. The highest BCUT2D eigenvalue weighted by molar-refractivity contribution is 6.04. The van der Waals surface area contributed by atoms with E-state index in [1.807, 2.05) is 54.6 Å². The van der Waals surface area contributed by atoms with Crippen LogP contribution in [0.4, 0.5) is 11.4 Å². The van der Waals surface area contributed by atoms with Crippen LogP contribution in [0.15, 0.2) is 67.0 Å². The van der Waals surface area contributed by atoms with Gasteiger partial charge in [-0.2, -0.15) is 0 Å². The van der Waals surface area contributed by atoms with Crippen LogP contribution in [0.25, 0.3) is 0 Å². The molecular weight excluding hydrogens is 362 g/mol. The Morgan fingerprint density at radius 3 is 2.38 bits per heavy atom. The largest absolute Gasteiger partial charge is 0.497 e. The zero-order valence-corrected chi connectivity index (χ0v) is 17.1. The fourth-order valence-corrected chi connectivity index (χ4v) is 2.96. The molecule has 150 valence electrons. The Hall–Kier alpha value is -3.34. The Balaban J connectivity index is 1.55. The molecule has 3 aromatic rings. The first-order valence-corrected chi connectivity index (χ1v) is 9.78. The highest BCUT2D eigenvalue weighted by Gasteiger charge is 2.08. The van der Waals surface area contributed by atoms with Crippen molar-refractivity contribution in [1.29, 1.82) is 0 Å². The molecule has 5 nitrogen and oxygen atoms in total. The molecule has 0 spiro atoms. The SMILES string of the molecule is COc1ccc(CCNc2cncc(C(=O)Nc3ccc(C(C)C)cc3)c2)cc1. The lowest BCUT2D eigenvalue weighted by molar-refractivity contribution is 0.102. The highest BCUT2D eigenvalue weighted by atomic mass is 16.5. The molecule has 29 heavy (non-hydrogen) atoms. The maximum atomic E-state index is 12.6. The van der Waals surface area contributed by atoms with E-state index >= 15 is 0 Å². The molecule has 5 heteroatoms. The van der Waals surface area contributed by atoms with E-state index in [-0.39, 0.29) is 5.91 Å². The fourth-order valence-electron chi connectivity index (χ4n) is 2.96. The molecule has 2 N–H and O–H groups in total. The summed E-state index contributed by atoms with van der Waals surface area (Å²) < 4.78 is 5.18. The van der Waals surface area contributed by atoms with Crippen molar-refractivity contribution < 1.29 is 9.53 Å². The first kappa shape index (κ1) is 20.4. The highest BCUT2D eigenvalue weighted by Crippen LogP contribution is 2.18. The summed E-state index contributed by atoms with van der Waals surface area (Å²) in [5, 5.41) is 6.25. The maximum absolute atomic E-state index is 12.6. The zero-order valence-electron chi connectivity index (χ0n) is 17.1. The summed E-state index contributed by atoms with van der Waals surface area (Å²) in [6, 6.07) is 17.8. The van der Waals surface area contributed by atoms with Crippen molar-refractivity contribution in [1.82, 2.24) is 4.98 Å². The molecule has 1 amide bonds. The number of pyridine rings is 1. The Labute approximate surface area is 172 Å². The van der Waals surface area contributed by atoms with Crippen LogP contribution in [0.2, 0.25) is 0 Å². The molecule has 0 unspecified atom stereocenters. The Morgan fingerprint density at radius 2 is 1.72 bits per heavy atom. The van der Waals surface area contributed by atoms with Gasteiger partial charge in [0.1, 0.15) is 5.75 Å². The lowest BCUT2D eigenvalue weighted by Crippen LogP contribution is -2.13. The van der Waals surface area contributed by atoms with Gasteiger partial charge in [0.05, 0.1) is 18.4 Å². The van der Waals surface area contributed by atoms with Crippen molar-refractivity contribution in [2.75, 3.05) is 24.3 Å². The Bertz CT molecular complexity index is 935. The maximum Gasteiger partial charge on any atom is 0.257 e. The van der Waals surface area contributed by atoms with Crippen LogP contribution in [0, 0.1) is 0 Å². The van der Waals surface area contributed by atoms with Crippen molar-refractivity contribution in [2.24, 2.45) is 0 Å². The van der Waals surface area contributed by atoms with Gasteiger partial charge in [0.2, 0.25) is 0 Å². The molecule has 0 atom stereocenters. The second-order valence-corrected chi connectivity index (χ2v) is 7.22. The van der Waals surface area contributed by atoms with E-state index < -0.39 is 0 Å². The van der Waals surface area contributed by atoms with E-state index in [9.17, 15) is 4.79 Å². The molecule has 0 saturated heterocycles. The average Bonchev–Trinajstić information content (AvgIpc) is 2.75. The van der Waals surface area contributed by atoms with E-state index in [0.29, 0.717) is 11.5 Å². The molecule has 2 aromatic carbocycles. The zero-order chi connectivity index (χ0) is 20.6. The molecule has 0 bridgehead atoms. The van der Waals surface area contributed by atoms with E-state index in [1.54, 1.807) is 19.5 Å². The van der Waals surface area contributed by atoms with Crippen LogP contribution in [-0.4, -0.2) is 24.5 Å². The number of nitrogens with zero attached hydrogens (tertiary/aromatic N) is 1. The Morgan fingerprint density at radius 1 is 1.00 bits per heavy atom. The quantitative estimate of drug-likeness (QED) is 0.561. The second kappa shape index (κ2) is 9.73. The smallest absolute Gasteiger partial charge is 0.257 e. The molecule has 0 radical (unpaired) electrons. The number of methoxy groups -OCH3 is 1. The molecule has 0 saturated carbocycles. The minimum Gasteiger partial charge on any atom is -0.497 e. The summed E-state index contributed by atoms with van der Waals surface area (Å²) in [5.41, 5.74) is 4.57. The number of amides is 1. The number of carbonyl (C=O) groups excluding carboxylic acids is 1. The number of hydrogen-bond acceptors (Lipinski definition) is 4. The van der Waals surface area contributed by atoms with Gasteiger partial charge in [-0.15, -0.1) is 0 Å². The Kier molecular flexibility index (Phi) is 6.85. The number of ether oxygens (including phenoxy) is 1. The number of nitrogens with one attached hydrogen (secondary N) is 2. The van der Waals surface area contributed by atoms with Crippen LogP contribution in [0.3, 0.4) is 0 Å². The number of anilines is 2. The summed E-state index contributed by atoms with van der Waals surface area (Å²) in [6.07, 6.45) is 4.16. The van der Waals surface area contributed by atoms with Crippen LogP contribution in [0.1, 0.15) is 41.3 Å². The van der Waals surface area contributed by atoms with Crippen molar-refractivity contribution >= 4 is 17.3 Å². The number of benzene rings is 2. The first-order valence-electron chi connectivity index (χ1n) is 9.78.